The molecule has 0 unspecified atom stereocenters. The SMILES string of the molecule is CC(C)(C)CC(C)(C)NCCS(=O)(=O)C(C)(C)C. The summed E-state index contributed by atoms with van der Waals surface area (Å²) in [6, 6.07) is 0. The molecule has 0 spiro atoms. The van der Waals surface area contributed by atoms with E-state index in [1.54, 1.807) is 20.8 Å². The van der Waals surface area contributed by atoms with E-state index in [0.717, 1.165) is 6.42 Å². The standard InChI is InChI=1S/C14H31NO2S/c1-12(2,3)11-14(7,8)15-9-10-18(16,17)13(4,5)6/h15H,9-11H2,1-8H3. The molecule has 18 heavy (non-hydrogen) atoms. The average Bonchev–Trinajstić information content (AvgIpc) is 1.94. The van der Waals surface area contributed by atoms with Crippen LogP contribution in [0.2, 0.25) is 0 Å². The minimum atomic E-state index is -3.03. The molecule has 0 aliphatic rings. The molecule has 0 aromatic carbocycles. The van der Waals surface area contributed by atoms with Crippen LogP contribution in [0.15, 0.2) is 0 Å². The van der Waals surface area contributed by atoms with E-state index in [1.807, 2.05) is 0 Å². The Morgan fingerprint density at radius 1 is 0.889 bits per heavy atom. The summed E-state index contributed by atoms with van der Waals surface area (Å²) in [6.45, 7) is 16.6. The number of nitrogens with one attached hydrogen (secondary N) is 1. The summed E-state index contributed by atoms with van der Waals surface area (Å²) in [5.41, 5.74) is 0.199. The van der Waals surface area contributed by atoms with Crippen molar-refractivity contribution in [3.8, 4) is 0 Å². The van der Waals surface area contributed by atoms with Gasteiger partial charge in [-0.15, -0.1) is 0 Å². The summed E-state index contributed by atoms with van der Waals surface area (Å²) >= 11 is 0. The summed E-state index contributed by atoms with van der Waals surface area (Å²) in [4.78, 5) is 0. The van der Waals surface area contributed by atoms with Crippen molar-refractivity contribution >= 4 is 9.84 Å². The maximum atomic E-state index is 12.0. The molecule has 0 fully saturated rings. The lowest BCUT2D eigenvalue weighted by Gasteiger charge is -2.33. The summed E-state index contributed by atoms with van der Waals surface area (Å²) in [7, 11) is -3.03. The number of sulfone groups is 1. The van der Waals surface area contributed by atoms with Gasteiger partial charge in [0.05, 0.1) is 10.5 Å². The molecule has 0 atom stereocenters. The van der Waals surface area contributed by atoms with Gasteiger partial charge in [0.15, 0.2) is 9.84 Å². The Kier molecular flexibility index (Phi) is 5.47. The second kappa shape index (κ2) is 5.49. The minimum absolute atomic E-state index is 0.0361. The van der Waals surface area contributed by atoms with Crippen LogP contribution in [0.4, 0.5) is 0 Å². The topological polar surface area (TPSA) is 46.2 Å². The molecule has 0 saturated heterocycles. The van der Waals surface area contributed by atoms with Crippen molar-refractivity contribution in [1.29, 1.82) is 0 Å². The van der Waals surface area contributed by atoms with Gasteiger partial charge < -0.3 is 5.32 Å². The highest BCUT2D eigenvalue weighted by Gasteiger charge is 2.30. The van der Waals surface area contributed by atoms with Crippen molar-refractivity contribution in [3.63, 3.8) is 0 Å². The molecule has 4 heteroatoms. The first kappa shape index (κ1) is 17.9. The van der Waals surface area contributed by atoms with Crippen molar-refractivity contribution in [2.75, 3.05) is 12.3 Å². The molecule has 0 radical (unpaired) electrons. The Bertz CT molecular complexity index is 356. The molecular formula is C14H31NO2S. The molecule has 110 valence electrons. The summed E-state index contributed by atoms with van der Waals surface area (Å²) < 4.78 is 23.3. The van der Waals surface area contributed by atoms with Gasteiger partial charge in [0.25, 0.3) is 0 Å². The van der Waals surface area contributed by atoms with Crippen molar-refractivity contribution < 1.29 is 8.42 Å². The van der Waals surface area contributed by atoms with E-state index in [-0.39, 0.29) is 16.7 Å². The van der Waals surface area contributed by atoms with E-state index in [2.05, 4.69) is 39.9 Å². The van der Waals surface area contributed by atoms with Crippen LogP contribution in [-0.4, -0.2) is 31.0 Å². The largest absolute Gasteiger partial charge is 0.311 e. The van der Waals surface area contributed by atoms with E-state index >= 15 is 0 Å². The van der Waals surface area contributed by atoms with Gasteiger partial charge in [0.1, 0.15) is 0 Å². The van der Waals surface area contributed by atoms with Crippen LogP contribution in [-0.2, 0) is 9.84 Å². The molecule has 0 aromatic heterocycles. The monoisotopic (exact) mass is 277 g/mol. The molecular weight excluding hydrogens is 246 g/mol. The van der Waals surface area contributed by atoms with E-state index in [0.29, 0.717) is 6.54 Å². The molecule has 0 aromatic rings. The summed E-state index contributed by atoms with van der Waals surface area (Å²) in [6.07, 6.45) is 1.01. The normalized spacial score (nSPS) is 14.9. The van der Waals surface area contributed by atoms with Crippen LogP contribution >= 0.6 is 0 Å². The van der Waals surface area contributed by atoms with E-state index in [9.17, 15) is 8.42 Å². The molecule has 0 aliphatic carbocycles. The maximum Gasteiger partial charge on any atom is 0.156 e. The van der Waals surface area contributed by atoms with E-state index < -0.39 is 14.6 Å². The third-order valence-corrected chi connectivity index (χ3v) is 5.49. The molecule has 0 saturated carbocycles. The quantitative estimate of drug-likeness (QED) is 0.840. The van der Waals surface area contributed by atoms with Crippen molar-refractivity contribution in [3.05, 3.63) is 0 Å². The predicted molar refractivity (Wildman–Crippen MR) is 79.7 cm³/mol. The highest BCUT2D eigenvalue weighted by atomic mass is 32.2. The van der Waals surface area contributed by atoms with Crippen LogP contribution in [0.5, 0.6) is 0 Å². The molecule has 1 N–H and O–H groups in total. The first-order valence-electron chi connectivity index (χ1n) is 6.64. The Balaban J connectivity index is 4.37. The van der Waals surface area contributed by atoms with Crippen LogP contribution in [0, 0.1) is 5.41 Å². The Labute approximate surface area is 114 Å². The third-order valence-electron chi connectivity index (χ3n) is 2.88. The average molecular weight is 277 g/mol. The molecule has 0 heterocycles. The molecule has 0 aliphatic heterocycles. The van der Waals surface area contributed by atoms with Gasteiger partial charge >= 0.3 is 0 Å². The Hall–Kier alpha value is -0.0900. The second-order valence-corrected chi connectivity index (χ2v) is 10.8. The lowest BCUT2D eigenvalue weighted by atomic mass is 9.82. The van der Waals surface area contributed by atoms with E-state index in [4.69, 9.17) is 0 Å². The molecule has 3 nitrogen and oxygen atoms in total. The molecule has 0 amide bonds. The maximum absolute atomic E-state index is 12.0. The highest BCUT2D eigenvalue weighted by Crippen LogP contribution is 2.26. The summed E-state index contributed by atoms with van der Waals surface area (Å²) in [5, 5.41) is 3.36. The Morgan fingerprint density at radius 3 is 1.67 bits per heavy atom. The zero-order chi connectivity index (χ0) is 14.8. The van der Waals surface area contributed by atoms with Crippen molar-refractivity contribution in [2.24, 2.45) is 5.41 Å². The number of hydrogen-bond acceptors (Lipinski definition) is 3. The van der Waals surface area contributed by atoms with Crippen molar-refractivity contribution in [1.82, 2.24) is 5.32 Å². The smallest absolute Gasteiger partial charge is 0.156 e. The van der Waals surface area contributed by atoms with Crippen LogP contribution in [0.25, 0.3) is 0 Å². The Morgan fingerprint density at radius 2 is 1.33 bits per heavy atom. The van der Waals surface area contributed by atoms with Crippen LogP contribution < -0.4 is 5.32 Å². The van der Waals surface area contributed by atoms with Gasteiger partial charge in [-0.1, -0.05) is 20.8 Å². The fourth-order valence-electron chi connectivity index (χ4n) is 2.22. The van der Waals surface area contributed by atoms with Crippen LogP contribution in [0.1, 0.15) is 61.8 Å². The predicted octanol–water partition coefficient (Wildman–Crippen LogP) is 3.00. The van der Waals surface area contributed by atoms with E-state index in [1.165, 1.54) is 0 Å². The van der Waals surface area contributed by atoms with Gasteiger partial charge in [-0.3, -0.25) is 0 Å². The van der Waals surface area contributed by atoms with Gasteiger partial charge in [-0.25, -0.2) is 8.42 Å². The lowest BCUT2D eigenvalue weighted by molar-refractivity contribution is 0.246. The van der Waals surface area contributed by atoms with Gasteiger partial charge in [0, 0.05) is 12.1 Å². The summed E-state index contributed by atoms with van der Waals surface area (Å²) in [5.74, 6) is 0.198. The van der Waals surface area contributed by atoms with Crippen LogP contribution in [0.3, 0.4) is 0 Å². The fourth-order valence-corrected chi connectivity index (χ4v) is 3.20. The number of rotatable bonds is 5. The first-order valence-corrected chi connectivity index (χ1v) is 8.29. The highest BCUT2D eigenvalue weighted by molar-refractivity contribution is 7.92. The van der Waals surface area contributed by atoms with Gasteiger partial charge in [0.2, 0.25) is 0 Å². The zero-order valence-electron chi connectivity index (χ0n) is 13.3. The number of hydrogen-bond donors (Lipinski definition) is 1. The molecule has 0 rings (SSSR count). The fraction of sp³-hybridized carbons (Fsp3) is 1.00. The first-order chi connectivity index (χ1) is 7.66. The second-order valence-electron chi connectivity index (χ2n) is 7.98. The molecule has 0 bridgehead atoms. The lowest BCUT2D eigenvalue weighted by Crippen LogP contribution is -2.45. The third kappa shape index (κ3) is 6.74. The van der Waals surface area contributed by atoms with Gasteiger partial charge in [-0.2, -0.15) is 0 Å². The van der Waals surface area contributed by atoms with Crippen molar-refractivity contribution in [2.45, 2.75) is 72.1 Å². The minimum Gasteiger partial charge on any atom is -0.311 e. The van der Waals surface area contributed by atoms with Gasteiger partial charge in [-0.05, 0) is 46.5 Å². The zero-order valence-corrected chi connectivity index (χ0v) is 14.2.